The van der Waals surface area contributed by atoms with Gasteiger partial charge in [-0.1, -0.05) is 6.07 Å². The lowest BCUT2D eigenvalue weighted by molar-refractivity contribution is 0.318. The predicted molar refractivity (Wildman–Crippen MR) is 103 cm³/mol. The Morgan fingerprint density at radius 1 is 1.23 bits per heavy atom. The Morgan fingerprint density at radius 2 is 1.92 bits per heavy atom. The van der Waals surface area contributed by atoms with Crippen LogP contribution in [-0.4, -0.2) is 44.7 Å². The van der Waals surface area contributed by atoms with Crippen LogP contribution in [0.4, 0.5) is 5.69 Å². The van der Waals surface area contributed by atoms with Gasteiger partial charge in [0.25, 0.3) is 0 Å². The van der Waals surface area contributed by atoms with Gasteiger partial charge in [-0.3, -0.25) is 4.99 Å². The van der Waals surface area contributed by atoms with Crippen LogP contribution < -0.4 is 4.74 Å². The van der Waals surface area contributed by atoms with Gasteiger partial charge >= 0.3 is 0 Å². The highest BCUT2D eigenvalue weighted by atomic mass is 32.2. The maximum absolute atomic E-state index is 12.4. The first-order chi connectivity index (χ1) is 12.2. The lowest BCUT2D eigenvalue weighted by atomic mass is 10.1. The smallest absolute Gasteiger partial charge is 0.242 e. The summed E-state index contributed by atoms with van der Waals surface area (Å²) in [6.45, 7) is 6.00. The molecule has 0 aliphatic heterocycles. The molecule has 0 fully saturated rings. The second-order valence-corrected chi connectivity index (χ2v) is 8.21. The van der Waals surface area contributed by atoms with Crippen LogP contribution in [0.15, 0.2) is 40.2 Å². The van der Waals surface area contributed by atoms with Gasteiger partial charge in [0.15, 0.2) is 11.5 Å². The largest absolute Gasteiger partial charge is 0.504 e. The van der Waals surface area contributed by atoms with E-state index in [-0.39, 0.29) is 10.6 Å². The molecule has 0 aliphatic carbocycles. The highest BCUT2D eigenvalue weighted by Gasteiger charge is 2.19. The molecular formula is C19H24N2O4S. The van der Waals surface area contributed by atoms with Gasteiger partial charge in [0.2, 0.25) is 10.0 Å². The molecule has 26 heavy (non-hydrogen) atoms. The molecule has 6 nitrogen and oxygen atoms in total. The first-order valence-corrected chi connectivity index (χ1v) is 9.65. The molecule has 140 valence electrons. The molecule has 1 N–H and O–H groups in total. The van der Waals surface area contributed by atoms with E-state index >= 15 is 0 Å². The molecule has 2 rings (SSSR count). The molecule has 0 atom stereocenters. The summed E-state index contributed by atoms with van der Waals surface area (Å²) in [7, 11) is -0.572. The molecule has 0 unspecified atom stereocenters. The number of phenols is 1. The minimum absolute atomic E-state index is 0.00421. The lowest BCUT2D eigenvalue weighted by Gasteiger charge is -2.14. The van der Waals surface area contributed by atoms with E-state index in [4.69, 9.17) is 4.74 Å². The molecule has 2 aromatic carbocycles. The predicted octanol–water partition coefficient (Wildman–Crippen LogP) is 3.41. The summed E-state index contributed by atoms with van der Waals surface area (Å²) < 4.78 is 31.4. The molecule has 0 saturated heterocycles. The summed E-state index contributed by atoms with van der Waals surface area (Å²) in [4.78, 5) is 4.59. The molecule has 0 saturated carbocycles. The number of phenolic OH excluding ortho intramolecular Hbond substituents is 1. The maximum atomic E-state index is 12.4. The van der Waals surface area contributed by atoms with E-state index < -0.39 is 10.0 Å². The number of benzene rings is 2. The molecule has 0 aromatic heterocycles. The fourth-order valence-electron chi connectivity index (χ4n) is 2.36. The highest BCUT2D eigenvalue weighted by Crippen LogP contribution is 2.31. The number of nitrogens with zero attached hydrogens (tertiary/aromatic N) is 2. The van der Waals surface area contributed by atoms with Gasteiger partial charge in [-0.15, -0.1) is 0 Å². The average Bonchev–Trinajstić information content (AvgIpc) is 2.58. The van der Waals surface area contributed by atoms with E-state index in [1.807, 2.05) is 20.8 Å². The summed E-state index contributed by atoms with van der Waals surface area (Å²) >= 11 is 0. The summed E-state index contributed by atoms with van der Waals surface area (Å²) in [6, 6.07) is 8.32. The van der Waals surface area contributed by atoms with E-state index in [2.05, 4.69) is 4.99 Å². The third-order valence-electron chi connectivity index (χ3n) is 4.06. The van der Waals surface area contributed by atoms with Crippen LogP contribution in [0.1, 0.15) is 23.6 Å². The summed E-state index contributed by atoms with van der Waals surface area (Å²) in [5.74, 6) is 0.387. The quantitative estimate of drug-likeness (QED) is 0.784. The third kappa shape index (κ3) is 4.05. The molecule has 0 radical (unpaired) electrons. The normalized spacial score (nSPS) is 12.1. The monoisotopic (exact) mass is 376 g/mol. The molecule has 0 bridgehead atoms. The van der Waals surface area contributed by atoms with Crippen LogP contribution in [0.2, 0.25) is 0 Å². The minimum atomic E-state index is -3.55. The highest BCUT2D eigenvalue weighted by molar-refractivity contribution is 7.89. The number of para-hydroxylation sites is 1. The Hall–Kier alpha value is -2.38. The first kappa shape index (κ1) is 19.9. The molecular weight excluding hydrogens is 352 g/mol. The molecule has 2 aromatic rings. The van der Waals surface area contributed by atoms with Gasteiger partial charge in [-0.05, 0) is 56.2 Å². The van der Waals surface area contributed by atoms with Crippen LogP contribution in [0.25, 0.3) is 0 Å². The van der Waals surface area contributed by atoms with E-state index in [1.54, 1.807) is 24.3 Å². The van der Waals surface area contributed by atoms with Crippen molar-refractivity contribution in [2.24, 2.45) is 4.99 Å². The number of aromatic hydroxyl groups is 1. The van der Waals surface area contributed by atoms with Gasteiger partial charge in [-0.2, -0.15) is 0 Å². The molecule has 0 heterocycles. The van der Waals surface area contributed by atoms with Crippen LogP contribution in [0.5, 0.6) is 11.5 Å². The number of hydrogen-bond acceptors (Lipinski definition) is 5. The van der Waals surface area contributed by atoms with Crippen molar-refractivity contribution < 1.29 is 18.3 Å². The van der Waals surface area contributed by atoms with Crippen LogP contribution >= 0.6 is 0 Å². The Balaban J connectivity index is 2.49. The topological polar surface area (TPSA) is 79.2 Å². The fourth-order valence-corrected chi connectivity index (χ4v) is 3.36. The molecule has 0 amide bonds. The van der Waals surface area contributed by atoms with E-state index in [9.17, 15) is 13.5 Å². The van der Waals surface area contributed by atoms with Gasteiger partial charge in [0, 0.05) is 25.9 Å². The summed E-state index contributed by atoms with van der Waals surface area (Å²) in [5.41, 5.74) is 2.73. The minimum Gasteiger partial charge on any atom is -0.504 e. The van der Waals surface area contributed by atoms with Gasteiger partial charge in [0.05, 0.1) is 17.2 Å². The van der Waals surface area contributed by atoms with Gasteiger partial charge < -0.3 is 9.84 Å². The number of rotatable bonds is 6. The van der Waals surface area contributed by atoms with E-state index in [0.717, 1.165) is 11.1 Å². The zero-order valence-electron chi connectivity index (χ0n) is 15.6. The SMILES string of the molecule is CCOc1cccc(C=Nc2cc(S(=O)(=O)N(C)C)cc(C)c2C)c1O. The standard InChI is InChI=1S/C19H24N2O4S/c1-6-25-18-9-7-8-15(19(18)22)12-20-17-11-16(10-13(2)14(17)3)26(23,24)21(4)5/h7-12,22H,6H2,1-5H3. The Morgan fingerprint density at radius 3 is 2.54 bits per heavy atom. The van der Waals surface area contributed by atoms with Crippen molar-refractivity contribution in [1.82, 2.24) is 4.31 Å². The Labute approximate surface area is 154 Å². The zero-order valence-corrected chi connectivity index (χ0v) is 16.5. The third-order valence-corrected chi connectivity index (χ3v) is 5.86. The molecule has 0 aliphatic rings. The van der Waals surface area contributed by atoms with E-state index in [1.165, 1.54) is 30.7 Å². The van der Waals surface area contributed by atoms with Crippen molar-refractivity contribution in [2.45, 2.75) is 25.7 Å². The molecule has 7 heteroatoms. The average molecular weight is 376 g/mol. The number of aryl methyl sites for hydroxylation is 1. The molecule has 0 spiro atoms. The van der Waals surface area contributed by atoms with Gasteiger partial charge in [0.1, 0.15) is 0 Å². The van der Waals surface area contributed by atoms with Crippen LogP contribution in [0, 0.1) is 13.8 Å². The number of ether oxygens (including phenoxy) is 1. The number of aliphatic imine (C=N–C) groups is 1. The summed E-state index contributed by atoms with van der Waals surface area (Å²) in [6.07, 6.45) is 1.51. The lowest BCUT2D eigenvalue weighted by Crippen LogP contribution is -2.22. The fraction of sp³-hybridized carbons (Fsp3) is 0.316. The Kier molecular flexibility index (Phi) is 6.05. The second kappa shape index (κ2) is 7.88. The van der Waals surface area contributed by atoms with Crippen LogP contribution in [0.3, 0.4) is 0 Å². The number of hydrogen-bond donors (Lipinski definition) is 1. The zero-order chi connectivity index (χ0) is 19.5. The van der Waals surface area contributed by atoms with E-state index in [0.29, 0.717) is 23.6 Å². The maximum Gasteiger partial charge on any atom is 0.242 e. The van der Waals surface area contributed by atoms with Crippen molar-refractivity contribution in [2.75, 3.05) is 20.7 Å². The van der Waals surface area contributed by atoms with Crippen molar-refractivity contribution in [1.29, 1.82) is 0 Å². The van der Waals surface area contributed by atoms with Crippen molar-refractivity contribution in [3.63, 3.8) is 0 Å². The Bertz CT molecular complexity index is 935. The summed E-state index contributed by atoms with van der Waals surface area (Å²) in [5, 5.41) is 10.3. The van der Waals surface area contributed by atoms with Crippen molar-refractivity contribution >= 4 is 21.9 Å². The number of sulfonamides is 1. The van der Waals surface area contributed by atoms with Crippen molar-refractivity contribution in [3.8, 4) is 11.5 Å². The first-order valence-electron chi connectivity index (χ1n) is 8.21. The second-order valence-electron chi connectivity index (χ2n) is 6.06. The van der Waals surface area contributed by atoms with Gasteiger partial charge in [-0.25, -0.2) is 12.7 Å². The van der Waals surface area contributed by atoms with Crippen molar-refractivity contribution in [3.05, 3.63) is 47.0 Å². The van der Waals surface area contributed by atoms with Crippen LogP contribution in [-0.2, 0) is 10.0 Å².